The van der Waals surface area contributed by atoms with Gasteiger partial charge in [-0.1, -0.05) is 44.1 Å². The molecule has 0 radical (unpaired) electrons. The number of thioether (sulfide) groups is 1. The second-order valence-corrected chi connectivity index (χ2v) is 9.18. The van der Waals surface area contributed by atoms with E-state index in [1.165, 1.54) is 11.8 Å². The average molecular weight is 401 g/mol. The third-order valence-corrected chi connectivity index (χ3v) is 6.20. The molecule has 1 aliphatic carbocycles. The van der Waals surface area contributed by atoms with Crippen LogP contribution in [-0.2, 0) is 4.79 Å². The molecule has 4 nitrogen and oxygen atoms in total. The molecule has 1 aromatic rings. The number of ketones is 2. The molecule has 1 unspecified atom stereocenters. The van der Waals surface area contributed by atoms with Crippen molar-refractivity contribution >= 4 is 34.9 Å². The maximum absolute atomic E-state index is 12.6. The molecular formula is C21H21ClN2O2S. The maximum Gasteiger partial charge on any atom is 0.173 e. The minimum Gasteiger partial charge on any atom is -0.352 e. The first-order valence-electron chi connectivity index (χ1n) is 8.81. The van der Waals surface area contributed by atoms with E-state index in [1.54, 1.807) is 24.3 Å². The summed E-state index contributed by atoms with van der Waals surface area (Å²) in [5.74, 6) is 0.0379. The van der Waals surface area contributed by atoms with Crippen LogP contribution in [0, 0.1) is 22.7 Å². The third-order valence-electron chi connectivity index (χ3n) is 4.93. The van der Waals surface area contributed by atoms with Crippen LogP contribution in [0.3, 0.4) is 0 Å². The van der Waals surface area contributed by atoms with Gasteiger partial charge >= 0.3 is 0 Å². The summed E-state index contributed by atoms with van der Waals surface area (Å²) in [5, 5.41) is 14.2. The summed E-state index contributed by atoms with van der Waals surface area (Å²) in [7, 11) is 0. The number of rotatable bonds is 4. The molecule has 3 rings (SSSR count). The molecule has 6 heteroatoms. The van der Waals surface area contributed by atoms with Gasteiger partial charge < -0.3 is 5.32 Å². The van der Waals surface area contributed by atoms with Crippen molar-refractivity contribution in [3.63, 3.8) is 0 Å². The zero-order valence-electron chi connectivity index (χ0n) is 15.6. The van der Waals surface area contributed by atoms with Crippen molar-refractivity contribution in [2.24, 2.45) is 11.3 Å². The predicted molar refractivity (Wildman–Crippen MR) is 108 cm³/mol. The first kappa shape index (κ1) is 19.7. The molecule has 1 atom stereocenters. The standard InChI is InChI=1S/C21H21ClN2O2S/c1-12-15(10-23)20(24-16-8-21(2,3)9-17(25)19(12)16)27-11-18(26)13-4-6-14(22)7-5-13/h4-7,12,24H,8-9,11H2,1-3H3. The Morgan fingerprint density at radius 1 is 1.33 bits per heavy atom. The van der Waals surface area contributed by atoms with E-state index in [0.717, 1.165) is 17.7 Å². The predicted octanol–water partition coefficient (Wildman–Crippen LogP) is 4.87. The Kier molecular flexibility index (Phi) is 5.50. The van der Waals surface area contributed by atoms with Gasteiger partial charge in [0.25, 0.3) is 0 Å². The number of Topliss-reactive ketones (excluding diaryl/α,β-unsaturated/α-hetero) is 2. The Morgan fingerprint density at radius 2 is 2.00 bits per heavy atom. The second kappa shape index (κ2) is 7.53. The molecule has 1 heterocycles. The van der Waals surface area contributed by atoms with E-state index in [0.29, 0.717) is 27.6 Å². The summed E-state index contributed by atoms with van der Waals surface area (Å²) >= 11 is 7.18. The van der Waals surface area contributed by atoms with Crippen LogP contribution >= 0.6 is 23.4 Å². The molecule has 2 aliphatic rings. The van der Waals surface area contributed by atoms with Crippen molar-refractivity contribution < 1.29 is 9.59 Å². The summed E-state index contributed by atoms with van der Waals surface area (Å²) < 4.78 is 0. The fourth-order valence-electron chi connectivity index (χ4n) is 3.61. The second-order valence-electron chi connectivity index (χ2n) is 7.75. The summed E-state index contributed by atoms with van der Waals surface area (Å²) in [6, 6.07) is 9.00. The summed E-state index contributed by atoms with van der Waals surface area (Å²) in [6.07, 6.45) is 1.25. The monoisotopic (exact) mass is 400 g/mol. The van der Waals surface area contributed by atoms with E-state index < -0.39 is 0 Å². The number of carbonyl (C=O) groups is 2. The highest BCUT2D eigenvalue weighted by Crippen LogP contribution is 2.43. The highest BCUT2D eigenvalue weighted by Gasteiger charge is 2.39. The Labute approximate surface area is 168 Å². The summed E-state index contributed by atoms with van der Waals surface area (Å²) in [4.78, 5) is 25.0. The van der Waals surface area contributed by atoms with Gasteiger partial charge in [0.15, 0.2) is 11.6 Å². The Balaban J connectivity index is 1.80. The first-order chi connectivity index (χ1) is 12.7. The van der Waals surface area contributed by atoms with Crippen LogP contribution in [0.5, 0.6) is 0 Å². The van der Waals surface area contributed by atoms with Crippen molar-refractivity contribution in [3.05, 3.63) is 56.7 Å². The molecule has 140 valence electrons. The fourth-order valence-corrected chi connectivity index (χ4v) is 4.75. The van der Waals surface area contributed by atoms with Crippen LogP contribution in [0.25, 0.3) is 0 Å². The molecular weight excluding hydrogens is 380 g/mol. The van der Waals surface area contributed by atoms with Gasteiger partial charge in [-0.2, -0.15) is 5.26 Å². The molecule has 27 heavy (non-hydrogen) atoms. The number of hydrogen-bond donors (Lipinski definition) is 1. The number of carbonyl (C=O) groups excluding carboxylic acids is 2. The maximum atomic E-state index is 12.6. The van der Waals surface area contributed by atoms with Crippen molar-refractivity contribution in [3.8, 4) is 6.07 Å². The Hall–Kier alpha value is -2.03. The van der Waals surface area contributed by atoms with Crippen LogP contribution in [0.4, 0.5) is 0 Å². The minimum atomic E-state index is -0.247. The fraction of sp³-hybridized carbons (Fsp3) is 0.381. The molecule has 0 saturated carbocycles. The molecule has 0 amide bonds. The van der Waals surface area contributed by atoms with Gasteiger partial charge in [-0.15, -0.1) is 0 Å². The largest absolute Gasteiger partial charge is 0.352 e. The number of hydrogen-bond acceptors (Lipinski definition) is 5. The van der Waals surface area contributed by atoms with Crippen LogP contribution in [0.1, 0.15) is 44.0 Å². The van der Waals surface area contributed by atoms with Crippen molar-refractivity contribution in [2.75, 3.05) is 5.75 Å². The van der Waals surface area contributed by atoms with E-state index in [2.05, 4.69) is 25.2 Å². The smallest absolute Gasteiger partial charge is 0.173 e. The van der Waals surface area contributed by atoms with Crippen LogP contribution in [-0.4, -0.2) is 17.3 Å². The van der Waals surface area contributed by atoms with Crippen LogP contribution in [0.15, 0.2) is 46.1 Å². The number of benzene rings is 1. The first-order valence-corrected chi connectivity index (χ1v) is 10.2. The summed E-state index contributed by atoms with van der Waals surface area (Å²) in [6.45, 7) is 6.04. The van der Waals surface area contributed by atoms with Gasteiger partial charge in [-0.3, -0.25) is 9.59 Å². The van der Waals surface area contributed by atoms with E-state index in [1.807, 2.05) is 6.92 Å². The zero-order chi connectivity index (χ0) is 19.8. The normalized spacial score (nSPS) is 21.4. The van der Waals surface area contributed by atoms with Crippen molar-refractivity contribution in [1.82, 2.24) is 5.32 Å². The number of allylic oxidation sites excluding steroid dienone is 3. The summed E-state index contributed by atoms with van der Waals surface area (Å²) in [5.41, 5.74) is 2.62. The third kappa shape index (κ3) is 4.12. The van der Waals surface area contributed by atoms with Crippen LogP contribution < -0.4 is 5.32 Å². The average Bonchev–Trinajstić information content (AvgIpc) is 2.58. The van der Waals surface area contributed by atoms with Crippen molar-refractivity contribution in [2.45, 2.75) is 33.6 Å². The highest BCUT2D eigenvalue weighted by molar-refractivity contribution is 8.03. The van der Waals surface area contributed by atoms with Crippen LogP contribution in [0.2, 0.25) is 5.02 Å². The lowest BCUT2D eigenvalue weighted by Gasteiger charge is -2.37. The SMILES string of the molecule is CC1C(C#N)=C(SCC(=O)c2ccc(Cl)cc2)NC2=C1C(=O)CC(C)(C)C2. The lowest BCUT2D eigenvalue weighted by Crippen LogP contribution is -2.36. The molecule has 0 saturated heterocycles. The van der Waals surface area contributed by atoms with Crippen molar-refractivity contribution in [1.29, 1.82) is 5.26 Å². The van der Waals surface area contributed by atoms with E-state index >= 15 is 0 Å². The van der Waals surface area contributed by atoms with Gasteiger partial charge in [0, 0.05) is 34.2 Å². The molecule has 0 fully saturated rings. The minimum absolute atomic E-state index is 0.0317. The Morgan fingerprint density at radius 3 is 2.63 bits per heavy atom. The lowest BCUT2D eigenvalue weighted by molar-refractivity contribution is -0.118. The van der Waals surface area contributed by atoms with E-state index in [-0.39, 0.29) is 28.7 Å². The van der Waals surface area contributed by atoms with Gasteiger partial charge in [0.2, 0.25) is 0 Å². The number of halogens is 1. The van der Waals surface area contributed by atoms with Gasteiger partial charge in [-0.25, -0.2) is 0 Å². The number of nitrogens with one attached hydrogen (secondary N) is 1. The van der Waals surface area contributed by atoms with Gasteiger partial charge in [-0.05, 0) is 36.1 Å². The lowest BCUT2D eigenvalue weighted by atomic mass is 9.71. The van der Waals surface area contributed by atoms with Gasteiger partial charge in [0.1, 0.15) is 0 Å². The molecule has 0 aromatic heterocycles. The molecule has 0 spiro atoms. The quantitative estimate of drug-likeness (QED) is 0.730. The number of dihydropyridines is 1. The van der Waals surface area contributed by atoms with Gasteiger partial charge in [0.05, 0.1) is 22.4 Å². The molecule has 1 N–H and O–H groups in total. The topological polar surface area (TPSA) is 70.0 Å². The molecule has 0 bridgehead atoms. The zero-order valence-corrected chi connectivity index (χ0v) is 17.1. The Bertz CT molecular complexity index is 907. The molecule has 1 aliphatic heterocycles. The number of nitriles is 1. The van der Waals surface area contributed by atoms with E-state index in [4.69, 9.17) is 11.6 Å². The number of nitrogens with zero attached hydrogens (tertiary/aromatic N) is 1. The highest BCUT2D eigenvalue weighted by atomic mass is 35.5. The molecule has 1 aromatic carbocycles. The van der Waals surface area contributed by atoms with E-state index in [9.17, 15) is 14.9 Å².